The van der Waals surface area contributed by atoms with Gasteiger partial charge in [-0.05, 0) is 44.9 Å². The Morgan fingerprint density at radius 3 is 0.938 bits per heavy atom. The highest BCUT2D eigenvalue weighted by molar-refractivity contribution is 5.80. The number of carbonyl (C=O) groups excluding carboxylic acids is 1. The molecule has 4 N–H and O–H groups in total. The van der Waals surface area contributed by atoms with Crippen molar-refractivity contribution in [2.75, 3.05) is 6.61 Å². The minimum atomic E-state index is -1.11. The van der Waals surface area contributed by atoms with E-state index in [1.807, 2.05) is 6.08 Å². The Balaban J connectivity index is 3.54. The zero-order valence-corrected chi connectivity index (χ0v) is 43.9. The van der Waals surface area contributed by atoms with Gasteiger partial charge < -0.3 is 20.6 Å². The van der Waals surface area contributed by atoms with E-state index in [9.17, 15) is 20.1 Å². The molecule has 384 valence electrons. The smallest absolute Gasteiger partial charge is 0.249 e. The lowest BCUT2D eigenvalue weighted by Crippen LogP contribution is -2.48. The van der Waals surface area contributed by atoms with Crippen LogP contribution in [-0.4, -0.2) is 46.1 Å². The monoisotopic (exact) mass is 914 g/mol. The van der Waals surface area contributed by atoms with E-state index in [1.165, 1.54) is 250 Å². The minimum Gasteiger partial charge on any atom is -0.394 e. The summed E-state index contributed by atoms with van der Waals surface area (Å²) in [5, 5.41) is 33.3. The summed E-state index contributed by atoms with van der Waals surface area (Å²) in [5.74, 6) is -0.512. The molecule has 5 nitrogen and oxygen atoms in total. The van der Waals surface area contributed by atoms with Crippen molar-refractivity contribution in [1.82, 2.24) is 5.32 Å². The van der Waals surface area contributed by atoms with Crippen LogP contribution in [0.4, 0.5) is 0 Å². The van der Waals surface area contributed by atoms with E-state index in [0.29, 0.717) is 6.42 Å². The second kappa shape index (κ2) is 55.2. The van der Waals surface area contributed by atoms with Crippen molar-refractivity contribution in [2.24, 2.45) is 0 Å². The SMILES string of the molecule is CCCCCCCCCCC/C=C/CC/C=C/CC/C=C/C(O)C(CO)NC(=O)C(O)CCCCCCCCCCCCCCCCCCCCCCCCCCCCCCCCCC. The lowest BCUT2D eigenvalue weighted by Gasteiger charge is -2.21. The maximum Gasteiger partial charge on any atom is 0.249 e. The van der Waals surface area contributed by atoms with E-state index < -0.39 is 24.2 Å². The first-order chi connectivity index (χ1) is 32.1. The van der Waals surface area contributed by atoms with E-state index in [1.54, 1.807) is 6.08 Å². The molecule has 0 aromatic carbocycles. The minimum absolute atomic E-state index is 0.379. The summed E-state index contributed by atoms with van der Waals surface area (Å²) in [6.45, 7) is 4.20. The molecule has 0 saturated carbocycles. The number of allylic oxidation sites excluding steroid dienone is 5. The summed E-state index contributed by atoms with van der Waals surface area (Å²) < 4.78 is 0. The summed E-state index contributed by atoms with van der Waals surface area (Å²) >= 11 is 0. The van der Waals surface area contributed by atoms with Gasteiger partial charge in [-0.2, -0.15) is 0 Å². The van der Waals surface area contributed by atoms with Gasteiger partial charge >= 0.3 is 0 Å². The third-order valence-electron chi connectivity index (χ3n) is 13.7. The second-order valence-electron chi connectivity index (χ2n) is 20.2. The number of rotatable bonds is 54. The molecule has 0 saturated heterocycles. The normalized spacial score (nSPS) is 13.5. The number of hydrogen-bond donors (Lipinski definition) is 4. The Hall–Kier alpha value is -1.43. The maximum atomic E-state index is 12.5. The van der Waals surface area contributed by atoms with Gasteiger partial charge in [0.15, 0.2) is 0 Å². The summed E-state index contributed by atoms with van der Waals surface area (Å²) in [5.41, 5.74) is 0. The van der Waals surface area contributed by atoms with Gasteiger partial charge in [-0.1, -0.05) is 307 Å². The molecule has 0 rings (SSSR count). The summed E-state index contributed by atoms with van der Waals surface area (Å²) in [4.78, 5) is 12.5. The molecule has 1 amide bonds. The molecule has 0 radical (unpaired) electrons. The van der Waals surface area contributed by atoms with Crippen LogP contribution >= 0.6 is 0 Å². The lowest BCUT2D eigenvalue weighted by atomic mass is 10.0. The number of nitrogens with one attached hydrogen (secondary N) is 1. The predicted molar refractivity (Wildman–Crippen MR) is 287 cm³/mol. The van der Waals surface area contributed by atoms with Gasteiger partial charge in [0.1, 0.15) is 6.10 Å². The van der Waals surface area contributed by atoms with Crippen molar-refractivity contribution in [3.8, 4) is 0 Å². The largest absolute Gasteiger partial charge is 0.394 e. The second-order valence-corrected chi connectivity index (χ2v) is 20.2. The molecule has 5 heteroatoms. The summed E-state index contributed by atoms with van der Waals surface area (Å²) in [6, 6.07) is -0.820. The van der Waals surface area contributed by atoms with Crippen LogP contribution in [0.1, 0.15) is 316 Å². The molecule has 0 aliphatic heterocycles. The standard InChI is InChI=1S/C60H115NO4/c1-3-5-7-9-11-13-15-17-19-21-23-24-25-26-27-28-29-30-31-32-33-34-35-37-39-41-43-45-47-49-51-53-55-59(64)60(65)61-57(56-62)58(63)54-52-50-48-46-44-42-40-38-36-22-20-18-16-14-12-10-8-6-4-2/h36,38,44,46,52,54,57-59,62-64H,3-35,37,39-43,45,47-51,53,55-56H2,1-2H3,(H,61,65)/b38-36+,46-44+,54-52+. The maximum absolute atomic E-state index is 12.5. The molecule has 0 heterocycles. The van der Waals surface area contributed by atoms with Crippen molar-refractivity contribution in [1.29, 1.82) is 0 Å². The van der Waals surface area contributed by atoms with Gasteiger partial charge in [0.2, 0.25) is 5.91 Å². The predicted octanol–water partition coefficient (Wildman–Crippen LogP) is 18.2. The van der Waals surface area contributed by atoms with Gasteiger partial charge in [-0.3, -0.25) is 4.79 Å². The molecule has 0 aromatic rings. The third-order valence-corrected chi connectivity index (χ3v) is 13.7. The first kappa shape index (κ1) is 63.6. The summed E-state index contributed by atoms with van der Waals surface area (Å²) in [6.07, 6.45) is 72.4. The molecule has 0 aromatic heterocycles. The summed E-state index contributed by atoms with van der Waals surface area (Å²) in [7, 11) is 0. The Morgan fingerprint density at radius 1 is 0.369 bits per heavy atom. The Kier molecular flexibility index (Phi) is 54.0. The molecular formula is C60H115NO4. The van der Waals surface area contributed by atoms with E-state index in [4.69, 9.17) is 0 Å². The van der Waals surface area contributed by atoms with E-state index in [2.05, 4.69) is 43.5 Å². The van der Waals surface area contributed by atoms with E-state index in [-0.39, 0.29) is 6.61 Å². The van der Waals surface area contributed by atoms with Crippen LogP contribution in [0.5, 0.6) is 0 Å². The molecular weight excluding hydrogens is 799 g/mol. The van der Waals surface area contributed by atoms with Gasteiger partial charge in [-0.15, -0.1) is 0 Å². The van der Waals surface area contributed by atoms with Crippen LogP contribution in [-0.2, 0) is 4.79 Å². The van der Waals surface area contributed by atoms with Crippen LogP contribution in [0.15, 0.2) is 36.5 Å². The molecule has 0 aliphatic carbocycles. The Morgan fingerprint density at radius 2 is 0.631 bits per heavy atom. The van der Waals surface area contributed by atoms with Crippen molar-refractivity contribution < 1.29 is 20.1 Å². The molecule has 0 spiro atoms. The average molecular weight is 915 g/mol. The number of amides is 1. The third kappa shape index (κ3) is 50.3. The van der Waals surface area contributed by atoms with Crippen LogP contribution in [0.2, 0.25) is 0 Å². The highest BCUT2D eigenvalue weighted by Crippen LogP contribution is 2.18. The van der Waals surface area contributed by atoms with E-state index >= 15 is 0 Å². The first-order valence-corrected chi connectivity index (χ1v) is 29.3. The molecule has 0 fully saturated rings. The Labute approximate surface area is 406 Å². The fourth-order valence-electron chi connectivity index (χ4n) is 9.16. The highest BCUT2D eigenvalue weighted by atomic mass is 16.3. The van der Waals surface area contributed by atoms with E-state index in [0.717, 1.165) is 44.9 Å². The number of aliphatic hydroxyl groups is 3. The van der Waals surface area contributed by atoms with Gasteiger partial charge in [0, 0.05) is 0 Å². The van der Waals surface area contributed by atoms with Crippen LogP contribution in [0.3, 0.4) is 0 Å². The van der Waals surface area contributed by atoms with Crippen molar-refractivity contribution in [3.05, 3.63) is 36.5 Å². The molecule has 0 bridgehead atoms. The highest BCUT2D eigenvalue weighted by Gasteiger charge is 2.22. The number of aliphatic hydroxyl groups excluding tert-OH is 3. The molecule has 65 heavy (non-hydrogen) atoms. The fourth-order valence-corrected chi connectivity index (χ4v) is 9.16. The Bertz CT molecular complexity index is 1010. The number of unbranched alkanes of at least 4 members (excludes halogenated alkanes) is 42. The zero-order chi connectivity index (χ0) is 47.2. The fraction of sp³-hybridized carbons (Fsp3) is 0.883. The van der Waals surface area contributed by atoms with Gasteiger partial charge in [-0.25, -0.2) is 0 Å². The average Bonchev–Trinajstić information content (AvgIpc) is 3.31. The zero-order valence-electron chi connectivity index (χ0n) is 43.9. The molecule has 0 aliphatic rings. The number of hydrogen-bond acceptors (Lipinski definition) is 4. The number of carbonyl (C=O) groups is 1. The lowest BCUT2D eigenvalue weighted by molar-refractivity contribution is -0.131. The quantitative estimate of drug-likeness (QED) is 0.0361. The molecule has 3 unspecified atom stereocenters. The van der Waals surface area contributed by atoms with Crippen molar-refractivity contribution in [2.45, 2.75) is 334 Å². The molecule has 3 atom stereocenters. The van der Waals surface area contributed by atoms with Crippen LogP contribution in [0.25, 0.3) is 0 Å². The van der Waals surface area contributed by atoms with Crippen molar-refractivity contribution in [3.63, 3.8) is 0 Å². The van der Waals surface area contributed by atoms with Crippen LogP contribution in [0, 0.1) is 0 Å². The van der Waals surface area contributed by atoms with Gasteiger partial charge in [0.25, 0.3) is 0 Å². The van der Waals surface area contributed by atoms with Crippen LogP contribution < -0.4 is 5.32 Å². The van der Waals surface area contributed by atoms with Crippen molar-refractivity contribution >= 4 is 5.91 Å². The first-order valence-electron chi connectivity index (χ1n) is 29.3. The topological polar surface area (TPSA) is 89.8 Å². The van der Waals surface area contributed by atoms with Gasteiger partial charge in [0.05, 0.1) is 18.8 Å².